The molecule has 0 radical (unpaired) electrons. The van der Waals surface area contributed by atoms with Gasteiger partial charge in [-0.1, -0.05) is 97.1 Å². The Bertz CT molecular complexity index is 2580. The summed E-state index contributed by atoms with van der Waals surface area (Å²) >= 11 is 0. The number of halogens is 3. The van der Waals surface area contributed by atoms with Crippen molar-refractivity contribution in [2.45, 2.75) is 11.6 Å². The summed E-state index contributed by atoms with van der Waals surface area (Å²) in [6.07, 6.45) is -4.59. The van der Waals surface area contributed by atoms with Crippen molar-refractivity contribution in [2.24, 2.45) is 0 Å². The van der Waals surface area contributed by atoms with E-state index in [4.69, 9.17) is 0 Å². The lowest BCUT2D eigenvalue weighted by Crippen LogP contribution is -2.26. The summed E-state index contributed by atoms with van der Waals surface area (Å²) in [5, 5.41) is 2.06. The third-order valence-corrected chi connectivity index (χ3v) is 9.98. The first-order chi connectivity index (χ1) is 21.4. The van der Waals surface area contributed by atoms with Crippen molar-refractivity contribution < 1.29 is 13.2 Å². The highest BCUT2D eigenvalue weighted by Crippen LogP contribution is 2.63. The summed E-state index contributed by atoms with van der Waals surface area (Å²) in [7, 11) is 0. The van der Waals surface area contributed by atoms with Gasteiger partial charge in [-0.25, -0.2) is 0 Å². The highest BCUT2D eigenvalue weighted by atomic mass is 19.4. The van der Waals surface area contributed by atoms with E-state index in [0.29, 0.717) is 16.4 Å². The van der Waals surface area contributed by atoms with Gasteiger partial charge in [-0.05, 0) is 68.8 Å². The standard InChI is InChI=1S/C39H20F3NO/c40-39(41,42)32-18-8-14-26-35(32)25-13-7-12-24-28-19-27-23-11-3-6-17-31(23)38(33(27)20-34(28)43(36(24)25)37(26)44)29-15-4-1-9-21(29)22-10-2-5-16-30(22)38/h1-20H. The molecule has 0 unspecified atom stereocenters. The van der Waals surface area contributed by atoms with E-state index in [0.717, 1.165) is 33.5 Å². The molecule has 8 aromatic rings. The molecule has 1 spiro atoms. The second kappa shape index (κ2) is 7.74. The number of aromatic nitrogens is 1. The average Bonchev–Trinajstić information content (AvgIpc) is 3.64. The molecule has 0 bridgehead atoms. The Labute approximate surface area is 248 Å². The van der Waals surface area contributed by atoms with Crippen molar-refractivity contribution in [1.82, 2.24) is 4.40 Å². The van der Waals surface area contributed by atoms with Gasteiger partial charge in [0.2, 0.25) is 0 Å². The number of alkyl halides is 3. The van der Waals surface area contributed by atoms with Crippen LogP contribution in [-0.4, -0.2) is 4.40 Å². The summed E-state index contributed by atoms with van der Waals surface area (Å²) in [6, 6.07) is 39.1. The first-order valence-corrected chi connectivity index (χ1v) is 14.6. The molecule has 0 N–H and O–H groups in total. The van der Waals surface area contributed by atoms with E-state index in [-0.39, 0.29) is 10.8 Å². The molecule has 2 aliphatic carbocycles. The quantitative estimate of drug-likeness (QED) is 0.165. The second-order valence-corrected chi connectivity index (χ2v) is 11.9. The number of hydrogen-bond acceptors (Lipinski definition) is 1. The minimum Gasteiger partial charge on any atom is -0.275 e. The number of fused-ring (bicyclic) bond motifs is 15. The normalized spacial score (nSPS) is 14.5. The molecular weight excluding hydrogens is 555 g/mol. The van der Waals surface area contributed by atoms with Gasteiger partial charge in [0.1, 0.15) is 0 Å². The lowest BCUT2D eigenvalue weighted by Gasteiger charge is -2.30. The molecule has 2 heterocycles. The summed E-state index contributed by atoms with van der Waals surface area (Å²) < 4.78 is 44.4. The van der Waals surface area contributed by atoms with E-state index in [1.165, 1.54) is 39.9 Å². The molecule has 2 nitrogen and oxygen atoms in total. The predicted molar refractivity (Wildman–Crippen MR) is 169 cm³/mol. The number of benzene rings is 6. The lowest BCUT2D eigenvalue weighted by molar-refractivity contribution is -0.136. The van der Waals surface area contributed by atoms with Crippen LogP contribution >= 0.6 is 0 Å². The van der Waals surface area contributed by atoms with Crippen LogP contribution in [0.15, 0.2) is 126 Å². The molecule has 0 fully saturated rings. The minimum absolute atomic E-state index is 0.0427. The van der Waals surface area contributed by atoms with Gasteiger partial charge in [-0.3, -0.25) is 9.20 Å². The smallest absolute Gasteiger partial charge is 0.275 e. The van der Waals surface area contributed by atoms with E-state index in [1.54, 1.807) is 16.5 Å². The highest BCUT2D eigenvalue weighted by molar-refractivity contribution is 6.21. The van der Waals surface area contributed by atoms with Crippen LogP contribution in [0.2, 0.25) is 0 Å². The van der Waals surface area contributed by atoms with E-state index < -0.39 is 22.7 Å². The Morgan fingerprint density at radius 3 is 1.70 bits per heavy atom. The summed E-state index contributed by atoms with van der Waals surface area (Å²) in [5.74, 6) is 0. The first-order valence-electron chi connectivity index (χ1n) is 14.6. The number of rotatable bonds is 0. The van der Waals surface area contributed by atoms with Crippen molar-refractivity contribution in [1.29, 1.82) is 0 Å². The fraction of sp³-hybridized carbons (Fsp3) is 0.0513. The van der Waals surface area contributed by atoms with E-state index in [2.05, 4.69) is 78.9 Å². The molecular formula is C39H20F3NO. The summed E-state index contributed by atoms with van der Waals surface area (Å²) in [6.45, 7) is 0. The Kier molecular flexibility index (Phi) is 4.24. The predicted octanol–water partition coefficient (Wildman–Crippen LogP) is 9.56. The van der Waals surface area contributed by atoms with E-state index in [9.17, 15) is 18.0 Å². The molecule has 44 heavy (non-hydrogen) atoms. The summed E-state index contributed by atoms with van der Waals surface area (Å²) in [5.41, 5.74) is 8.60. The molecule has 0 saturated heterocycles. The molecule has 6 aromatic carbocycles. The van der Waals surface area contributed by atoms with Crippen LogP contribution in [0, 0.1) is 0 Å². The second-order valence-electron chi connectivity index (χ2n) is 11.9. The largest absolute Gasteiger partial charge is 0.417 e. The number of para-hydroxylation sites is 1. The van der Waals surface area contributed by atoms with Crippen LogP contribution in [-0.2, 0) is 11.6 Å². The van der Waals surface area contributed by atoms with Crippen molar-refractivity contribution in [3.63, 3.8) is 0 Å². The zero-order chi connectivity index (χ0) is 29.5. The van der Waals surface area contributed by atoms with Crippen molar-refractivity contribution in [3.8, 4) is 22.3 Å². The molecule has 2 aliphatic rings. The maximum Gasteiger partial charge on any atom is 0.417 e. The Balaban J connectivity index is 1.43. The van der Waals surface area contributed by atoms with Crippen molar-refractivity contribution in [3.05, 3.63) is 159 Å². The SMILES string of the molecule is O=c1c2cccc(C(F)(F)F)c2c2cccc3c4cc5c(cc4n1c32)C1(c2ccccc2-c2ccccc21)c1ccccc1-5. The number of pyridine rings is 1. The Morgan fingerprint density at radius 1 is 0.523 bits per heavy atom. The molecule has 0 atom stereocenters. The van der Waals surface area contributed by atoms with Gasteiger partial charge in [0.15, 0.2) is 0 Å². The zero-order valence-corrected chi connectivity index (χ0v) is 23.0. The molecule has 208 valence electrons. The molecule has 2 aromatic heterocycles. The van der Waals surface area contributed by atoms with Gasteiger partial charge < -0.3 is 0 Å². The number of nitrogens with zero attached hydrogens (tertiary/aromatic N) is 1. The third kappa shape index (κ3) is 2.60. The van der Waals surface area contributed by atoms with Crippen LogP contribution in [0.4, 0.5) is 13.2 Å². The fourth-order valence-electron chi connectivity index (χ4n) is 8.44. The lowest BCUT2D eigenvalue weighted by atomic mass is 9.70. The highest BCUT2D eigenvalue weighted by Gasteiger charge is 2.51. The number of hydrogen-bond donors (Lipinski definition) is 0. The monoisotopic (exact) mass is 575 g/mol. The molecule has 10 rings (SSSR count). The zero-order valence-electron chi connectivity index (χ0n) is 23.0. The summed E-state index contributed by atoms with van der Waals surface area (Å²) in [4.78, 5) is 14.3. The topological polar surface area (TPSA) is 21.5 Å². The van der Waals surface area contributed by atoms with Gasteiger partial charge >= 0.3 is 6.18 Å². The van der Waals surface area contributed by atoms with Gasteiger partial charge in [-0.15, -0.1) is 0 Å². The van der Waals surface area contributed by atoms with Crippen molar-refractivity contribution >= 4 is 38.0 Å². The maximum atomic E-state index is 14.3. The molecule has 5 heteroatoms. The van der Waals surface area contributed by atoms with Gasteiger partial charge in [0, 0.05) is 26.9 Å². The Morgan fingerprint density at radius 2 is 1.07 bits per heavy atom. The fourth-order valence-corrected chi connectivity index (χ4v) is 8.44. The van der Waals surface area contributed by atoms with Crippen molar-refractivity contribution in [2.75, 3.05) is 0 Å². The van der Waals surface area contributed by atoms with Gasteiger partial charge in [-0.2, -0.15) is 13.2 Å². The van der Waals surface area contributed by atoms with Crippen LogP contribution in [0.5, 0.6) is 0 Å². The molecule has 0 aliphatic heterocycles. The average molecular weight is 576 g/mol. The van der Waals surface area contributed by atoms with Crippen LogP contribution in [0.1, 0.15) is 27.8 Å². The third-order valence-electron chi connectivity index (χ3n) is 9.98. The van der Waals surface area contributed by atoms with Gasteiger partial charge in [0.25, 0.3) is 5.56 Å². The van der Waals surface area contributed by atoms with Gasteiger partial charge in [0.05, 0.1) is 22.0 Å². The maximum absolute atomic E-state index is 14.3. The minimum atomic E-state index is -4.59. The first kappa shape index (κ1) is 24.1. The van der Waals surface area contributed by atoms with Crippen LogP contribution in [0.3, 0.4) is 0 Å². The Hall–Kier alpha value is -5.42. The molecule has 0 saturated carbocycles. The molecule has 0 amide bonds. The van der Waals surface area contributed by atoms with Crippen LogP contribution in [0.25, 0.3) is 60.2 Å². The van der Waals surface area contributed by atoms with Crippen LogP contribution < -0.4 is 5.56 Å². The van der Waals surface area contributed by atoms with E-state index >= 15 is 0 Å². The van der Waals surface area contributed by atoms with E-state index in [1.807, 2.05) is 12.1 Å².